The Morgan fingerprint density at radius 1 is 1.56 bits per heavy atom. The molecule has 1 aliphatic rings. The van der Waals surface area contributed by atoms with E-state index in [2.05, 4.69) is 26.9 Å². The van der Waals surface area contributed by atoms with Crippen molar-refractivity contribution in [2.24, 2.45) is 0 Å². The molecule has 0 N–H and O–H groups in total. The van der Waals surface area contributed by atoms with Gasteiger partial charge in [0, 0.05) is 36.2 Å². The van der Waals surface area contributed by atoms with Crippen molar-refractivity contribution < 1.29 is 4.74 Å². The van der Waals surface area contributed by atoms with E-state index in [4.69, 9.17) is 16.3 Å². The summed E-state index contributed by atoms with van der Waals surface area (Å²) in [5, 5.41) is 0.829. The third-order valence-electron chi connectivity index (χ3n) is 2.97. The summed E-state index contributed by atoms with van der Waals surface area (Å²) in [5.74, 6) is 0. The highest BCUT2D eigenvalue weighted by molar-refractivity contribution is 9.10. The Labute approximate surface area is 110 Å². The number of halogens is 2. The van der Waals surface area contributed by atoms with Crippen molar-refractivity contribution in [1.82, 2.24) is 4.90 Å². The van der Waals surface area contributed by atoms with Crippen LogP contribution in [0.3, 0.4) is 0 Å². The standard InChI is InChI=1S/C12H15BrClNO/c1-16-11-4-5-15(8-11)7-9-2-3-10(13)6-12(9)14/h2-3,6,11H,4-5,7-8H2,1H3. The van der Waals surface area contributed by atoms with Gasteiger partial charge in [0.1, 0.15) is 0 Å². The highest BCUT2D eigenvalue weighted by Gasteiger charge is 2.22. The molecule has 2 nitrogen and oxygen atoms in total. The van der Waals surface area contributed by atoms with Crippen LogP contribution < -0.4 is 0 Å². The zero-order valence-corrected chi connectivity index (χ0v) is 11.6. The molecule has 0 aromatic heterocycles. The average Bonchev–Trinajstić information content (AvgIpc) is 2.70. The zero-order chi connectivity index (χ0) is 11.5. The van der Waals surface area contributed by atoms with Crippen LogP contribution in [0.1, 0.15) is 12.0 Å². The molecule has 0 spiro atoms. The molecule has 1 atom stereocenters. The lowest BCUT2D eigenvalue weighted by Gasteiger charge is -2.16. The van der Waals surface area contributed by atoms with E-state index in [1.54, 1.807) is 7.11 Å². The molecule has 1 unspecified atom stereocenters. The van der Waals surface area contributed by atoms with Crippen molar-refractivity contribution in [3.63, 3.8) is 0 Å². The lowest BCUT2D eigenvalue weighted by molar-refractivity contribution is 0.107. The van der Waals surface area contributed by atoms with Gasteiger partial charge in [0.2, 0.25) is 0 Å². The summed E-state index contributed by atoms with van der Waals surface area (Å²) in [6.45, 7) is 3.00. The predicted octanol–water partition coefficient (Wildman–Crippen LogP) is 3.32. The predicted molar refractivity (Wildman–Crippen MR) is 69.8 cm³/mol. The highest BCUT2D eigenvalue weighted by atomic mass is 79.9. The monoisotopic (exact) mass is 303 g/mol. The largest absolute Gasteiger partial charge is 0.380 e. The van der Waals surface area contributed by atoms with Crippen LogP contribution in [-0.2, 0) is 11.3 Å². The van der Waals surface area contributed by atoms with Crippen LogP contribution in [0.25, 0.3) is 0 Å². The lowest BCUT2D eigenvalue weighted by Crippen LogP contribution is -2.22. The van der Waals surface area contributed by atoms with Crippen LogP contribution in [-0.4, -0.2) is 31.2 Å². The van der Waals surface area contributed by atoms with Crippen molar-refractivity contribution in [3.8, 4) is 0 Å². The van der Waals surface area contributed by atoms with Gasteiger partial charge >= 0.3 is 0 Å². The van der Waals surface area contributed by atoms with Crippen molar-refractivity contribution >= 4 is 27.5 Å². The summed E-state index contributed by atoms with van der Waals surface area (Å²) in [7, 11) is 1.78. The van der Waals surface area contributed by atoms with Gasteiger partial charge in [-0.05, 0) is 24.1 Å². The van der Waals surface area contributed by atoms with E-state index in [9.17, 15) is 0 Å². The Morgan fingerprint density at radius 3 is 3.00 bits per heavy atom. The summed E-state index contributed by atoms with van der Waals surface area (Å²) in [6, 6.07) is 6.05. The second-order valence-electron chi connectivity index (χ2n) is 4.12. The molecule has 0 aliphatic carbocycles. The van der Waals surface area contributed by atoms with Crippen LogP contribution in [0.15, 0.2) is 22.7 Å². The lowest BCUT2D eigenvalue weighted by atomic mass is 10.2. The van der Waals surface area contributed by atoms with Crippen LogP contribution in [0.4, 0.5) is 0 Å². The van der Waals surface area contributed by atoms with Gasteiger partial charge in [0.15, 0.2) is 0 Å². The maximum Gasteiger partial charge on any atom is 0.0710 e. The van der Waals surface area contributed by atoms with Crippen LogP contribution in [0, 0.1) is 0 Å². The first-order chi connectivity index (χ1) is 7.69. The van der Waals surface area contributed by atoms with Gasteiger partial charge in [-0.2, -0.15) is 0 Å². The van der Waals surface area contributed by atoms with E-state index in [-0.39, 0.29) is 0 Å². The minimum absolute atomic E-state index is 0.384. The number of rotatable bonds is 3. The Balaban J connectivity index is 1.99. The molecule has 1 aromatic rings. The normalized spacial score (nSPS) is 21.6. The Hall–Kier alpha value is -0.0900. The molecule has 4 heteroatoms. The minimum Gasteiger partial charge on any atom is -0.380 e. The maximum absolute atomic E-state index is 6.19. The van der Waals surface area contributed by atoms with Gasteiger partial charge in [0.25, 0.3) is 0 Å². The molecule has 1 aliphatic heterocycles. The molecule has 1 fully saturated rings. The number of methoxy groups -OCH3 is 1. The second kappa shape index (κ2) is 5.50. The SMILES string of the molecule is COC1CCN(Cc2ccc(Br)cc2Cl)C1. The molecule has 1 saturated heterocycles. The highest BCUT2D eigenvalue weighted by Crippen LogP contribution is 2.24. The van der Waals surface area contributed by atoms with Crippen LogP contribution >= 0.6 is 27.5 Å². The Bertz CT molecular complexity index is 372. The molecular weight excluding hydrogens is 289 g/mol. The summed E-state index contributed by atoms with van der Waals surface area (Å²) in [4.78, 5) is 2.38. The Kier molecular flexibility index (Phi) is 4.25. The average molecular weight is 305 g/mol. The van der Waals surface area contributed by atoms with Gasteiger partial charge < -0.3 is 4.74 Å². The van der Waals surface area contributed by atoms with Crippen molar-refractivity contribution in [3.05, 3.63) is 33.3 Å². The van der Waals surface area contributed by atoms with E-state index >= 15 is 0 Å². The fourth-order valence-electron chi connectivity index (χ4n) is 2.02. The number of nitrogens with zero attached hydrogens (tertiary/aromatic N) is 1. The molecule has 16 heavy (non-hydrogen) atoms. The third kappa shape index (κ3) is 2.98. The molecule has 1 heterocycles. The summed E-state index contributed by atoms with van der Waals surface area (Å²) in [6.07, 6.45) is 1.50. The number of hydrogen-bond acceptors (Lipinski definition) is 2. The topological polar surface area (TPSA) is 12.5 Å². The van der Waals surface area contributed by atoms with E-state index in [1.807, 2.05) is 12.1 Å². The third-order valence-corrected chi connectivity index (χ3v) is 3.82. The molecule has 1 aromatic carbocycles. The fourth-order valence-corrected chi connectivity index (χ4v) is 2.76. The van der Waals surface area contributed by atoms with E-state index in [0.717, 1.165) is 35.6 Å². The van der Waals surface area contributed by atoms with E-state index in [0.29, 0.717) is 6.10 Å². The number of ether oxygens (including phenoxy) is 1. The maximum atomic E-state index is 6.19. The Morgan fingerprint density at radius 2 is 2.38 bits per heavy atom. The fraction of sp³-hybridized carbons (Fsp3) is 0.500. The number of benzene rings is 1. The summed E-state index contributed by atoms with van der Waals surface area (Å²) in [5.41, 5.74) is 1.18. The molecule has 2 rings (SSSR count). The first-order valence-corrected chi connectivity index (χ1v) is 6.55. The van der Waals surface area contributed by atoms with Gasteiger partial charge in [-0.3, -0.25) is 4.90 Å². The van der Waals surface area contributed by atoms with Gasteiger partial charge in [0.05, 0.1) is 6.10 Å². The van der Waals surface area contributed by atoms with Crippen molar-refractivity contribution in [2.45, 2.75) is 19.1 Å². The molecule has 0 bridgehead atoms. The number of hydrogen-bond donors (Lipinski definition) is 0. The molecule has 88 valence electrons. The zero-order valence-electron chi connectivity index (χ0n) is 9.25. The van der Waals surface area contributed by atoms with Gasteiger partial charge in [-0.25, -0.2) is 0 Å². The van der Waals surface area contributed by atoms with E-state index < -0.39 is 0 Å². The van der Waals surface area contributed by atoms with Crippen molar-refractivity contribution in [1.29, 1.82) is 0 Å². The first kappa shape index (κ1) is 12.4. The molecule has 0 amide bonds. The first-order valence-electron chi connectivity index (χ1n) is 5.38. The van der Waals surface area contributed by atoms with Crippen LogP contribution in [0.2, 0.25) is 5.02 Å². The minimum atomic E-state index is 0.384. The molecule has 0 saturated carbocycles. The van der Waals surface area contributed by atoms with Gasteiger partial charge in [-0.15, -0.1) is 0 Å². The molecule has 0 radical (unpaired) electrons. The molecular formula is C12H15BrClNO. The van der Waals surface area contributed by atoms with Gasteiger partial charge in [-0.1, -0.05) is 33.6 Å². The second-order valence-corrected chi connectivity index (χ2v) is 5.44. The summed E-state index contributed by atoms with van der Waals surface area (Å²) >= 11 is 9.60. The quantitative estimate of drug-likeness (QED) is 0.849. The summed E-state index contributed by atoms with van der Waals surface area (Å²) < 4.78 is 6.37. The number of likely N-dealkylation sites (tertiary alicyclic amines) is 1. The van der Waals surface area contributed by atoms with Crippen LogP contribution in [0.5, 0.6) is 0 Å². The smallest absolute Gasteiger partial charge is 0.0710 e. The van der Waals surface area contributed by atoms with E-state index in [1.165, 1.54) is 5.56 Å². The van der Waals surface area contributed by atoms with Crippen molar-refractivity contribution in [2.75, 3.05) is 20.2 Å².